The van der Waals surface area contributed by atoms with Crippen LogP contribution in [0.2, 0.25) is 0 Å². The zero-order valence-corrected chi connectivity index (χ0v) is 11.1. The summed E-state index contributed by atoms with van der Waals surface area (Å²) in [6.45, 7) is 2.15. The lowest BCUT2D eigenvalue weighted by atomic mass is 10.00. The molecule has 1 aliphatic heterocycles. The standard InChI is InChI=1S/C16H15F2NO/c1-10-6-7-12(17)16(15(10)18)19-13-8-9-20-14-5-3-2-4-11(13)14/h2-7,13,19H,8-9H2,1H3. The topological polar surface area (TPSA) is 21.3 Å². The number of anilines is 1. The highest BCUT2D eigenvalue weighted by molar-refractivity contribution is 5.52. The number of para-hydroxylation sites is 1. The lowest BCUT2D eigenvalue weighted by Gasteiger charge is -2.27. The normalized spacial score (nSPS) is 17.2. The van der Waals surface area contributed by atoms with E-state index in [1.54, 1.807) is 6.92 Å². The Labute approximate surface area is 116 Å². The summed E-state index contributed by atoms with van der Waals surface area (Å²) < 4.78 is 33.4. The molecule has 2 aromatic carbocycles. The summed E-state index contributed by atoms with van der Waals surface area (Å²) in [5.74, 6) is -0.337. The fraction of sp³-hybridized carbons (Fsp3) is 0.250. The minimum Gasteiger partial charge on any atom is -0.493 e. The highest BCUT2D eigenvalue weighted by Crippen LogP contribution is 2.35. The van der Waals surface area contributed by atoms with Crippen LogP contribution in [0.25, 0.3) is 0 Å². The van der Waals surface area contributed by atoms with Gasteiger partial charge in [-0.05, 0) is 24.6 Å². The average molecular weight is 275 g/mol. The molecule has 0 bridgehead atoms. The van der Waals surface area contributed by atoms with E-state index in [2.05, 4.69) is 5.32 Å². The highest BCUT2D eigenvalue weighted by Gasteiger charge is 2.23. The lowest BCUT2D eigenvalue weighted by Crippen LogP contribution is -2.21. The summed E-state index contributed by atoms with van der Waals surface area (Å²) in [6.07, 6.45) is 0.670. The number of aryl methyl sites for hydroxylation is 1. The Morgan fingerprint density at radius 1 is 1.15 bits per heavy atom. The van der Waals surface area contributed by atoms with Crippen LogP contribution in [-0.4, -0.2) is 6.61 Å². The minimum atomic E-state index is -0.572. The fourth-order valence-electron chi connectivity index (χ4n) is 2.46. The number of hydrogen-bond donors (Lipinski definition) is 1. The van der Waals surface area contributed by atoms with Crippen molar-refractivity contribution in [3.05, 3.63) is 59.2 Å². The maximum absolute atomic E-state index is 14.1. The molecule has 1 unspecified atom stereocenters. The SMILES string of the molecule is Cc1ccc(F)c(NC2CCOc3ccccc32)c1F. The number of rotatable bonds is 2. The number of hydrogen-bond acceptors (Lipinski definition) is 2. The number of halogens is 2. The Kier molecular flexibility index (Phi) is 3.30. The molecule has 20 heavy (non-hydrogen) atoms. The second kappa shape index (κ2) is 5.12. The monoisotopic (exact) mass is 275 g/mol. The maximum atomic E-state index is 14.1. The van der Waals surface area contributed by atoms with Crippen LogP contribution < -0.4 is 10.1 Å². The molecule has 0 saturated heterocycles. The second-order valence-corrected chi connectivity index (χ2v) is 4.93. The second-order valence-electron chi connectivity index (χ2n) is 4.93. The molecule has 1 N–H and O–H groups in total. The van der Waals surface area contributed by atoms with E-state index in [0.717, 1.165) is 11.3 Å². The largest absolute Gasteiger partial charge is 0.493 e. The zero-order valence-electron chi connectivity index (χ0n) is 11.1. The summed E-state index contributed by atoms with van der Waals surface area (Å²) in [7, 11) is 0. The summed E-state index contributed by atoms with van der Waals surface area (Å²) in [4.78, 5) is 0. The van der Waals surface area contributed by atoms with E-state index >= 15 is 0 Å². The molecular formula is C16H15F2NO. The molecule has 1 heterocycles. The molecule has 1 aliphatic rings. The van der Waals surface area contributed by atoms with Gasteiger partial charge in [-0.15, -0.1) is 0 Å². The van der Waals surface area contributed by atoms with Crippen LogP contribution in [0.1, 0.15) is 23.6 Å². The number of benzene rings is 2. The van der Waals surface area contributed by atoms with Crippen LogP contribution in [0.3, 0.4) is 0 Å². The Balaban J connectivity index is 1.96. The predicted octanol–water partition coefficient (Wildman–Crippen LogP) is 4.21. The van der Waals surface area contributed by atoms with E-state index in [9.17, 15) is 8.78 Å². The Bertz CT molecular complexity index is 642. The van der Waals surface area contributed by atoms with Gasteiger partial charge in [0.25, 0.3) is 0 Å². The quantitative estimate of drug-likeness (QED) is 0.886. The zero-order chi connectivity index (χ0) is 14.1. The molecule has 104 valence electrons. The first-order valence-electron chi connectivity index (χ1n) is 6.59. The molecule has 0 aromatic heterocycles. The molecule has 4 heteroatoms. The van der Waals surface area contributed by atoms with Gasteiger partial charge in [-0.2, -0.15) is 0 Å². The Morgan fingerprint density at radius 2 is 1.95 bits per heavy atom. The van der Waals surface area contributed by atoms with Crippen molar-refractivity contribution in [1.29, 1.82) is 0 Å². The van der Waals surface area contributed by atoms with Gasteiger partial charge in [0.1, 0.15) is 17.3 Å². The van der Waals surface area contributed by atoms with Gasteiger partial charge >= 0.3 is 0 Å². The molecule has 0 fully saturated rings. The third-order valence-corrected chi connectivity index (χ3v) is 3.56. The smallest absolute Gasteiger partial charge is 0.152 e. The van der Waals surface area contributed by atoms with Gasteiger partial charge in [0.05, 0.1) is 12.6 Å². The number of nitrogens with one attached hydrogen (secondary N) is 1. The third kappa shape index (κ3) is 2.22. The van der Waals surface area contributed by atoms with E-state index in [0.29, 0.717) is 18.6 Å². The van der Waals surface area contributed by atoms with Crippen LogP contribution in [0.4, 0.5) is 14.5 Å². The highest BCUT2D eigenvalue weighted by atomic mass is 19.1. The first-order chi connectivity index (χ1) is 9.66. The molecule has 0 amide bonds. The summed E-state index contributed by atoms with van der Waals surface area (Å²) in [5.41, 5.74) is 1.29. The Morgan fingerprint density at radius 3 is 2.80 bits per heavy atom. The van der Waals surface area contributed by atoms with Crippen LogP contribution in [-0.2, 0) is 0 Å². The molecule has 0 radical (unpaired) electrons. The molecule has 0 spiro atoms. The van der Waals surface area contributed by atoms with Crippen molar-refractivity contribution in [3.8, 4) is 5.75 Å². The van der Waals surface area contributed by atoms with Crippen molar-refractivity contribution in [2.75, 3.05) is 11.9 Å². The summed E-state index contributed by atoms with van der Waals surface area (Å²) in [6, 6.07) is 10.1. The van der Waals surface area contributed by atoms with Crippen molar-refractivity contribution in [2.45, 2.75) is 19.4 Å². The van der Waals surface area contributed by atoms with Gasteiger partial charge in [-0.1, -0.05) is 24.3 Å². The van der Waals surface area contributed by atoms with Crippen LogP contribution in [0.15, 0.2) is 36.4 Å². The van der Waals surface area contributed by atoms with Crippen molar-refractivity contribution < 1.29 is 13.5 Å². The molecule has 1 atom stereocenters. The van der Waals surface area contributed by atoms with Crippen LogP contribution >= 0.6 is 0 Å². The third-order valence-electron chi connectivity index (χ3n) is 3.56. The first-order valence-corrected chi connectivity index (χ1v) is 6.59. The fourth-order valence-corrected chi connectivity index (χ4v) is 2.46. The summed E-state index contributed by atoms with van der Waals surface area (Å²) in [5, 5.41) is 2.98. The molecule has 2 aromatic rings. The minimum absolute atomic E-state index is 0.0632. The molecule has 2 nitrogen and oxygen atoms in total. The van der Waals surface area contributed by atoms with E-state index in [4.69, 9.17) is 4.74 Å². The first kappa shape index (κ1) is 12.9. The molecular weight excluding hydrogens is 260 g/mol. The molecule has 3 rings (SSSR count). The Hall–Kier alpha value is -2.10. The van der Waals surface area contributed by atoms with Crippen LogP contribution in [0, 0.1) is 18.6 Å². The van der Waals surface area contributed by atoms with E-state index in [-0.39, 0.29) is 11.7 Å². The maximum Gasteiger partial charge on any atom is 0.152 e. The van der Waals surface area contributed by atoms with Gasteiger partial charge in [-0.3, -0.25) is 0 Å². The van der Waals surface area contributed by atoms with Gasteiger partial charge in [0, 0.05) is 12.0 Å². The van der Waals surface area contributed by atoms with Gasteiger partial charge < -0.3 is 10.1 Å². The lowest BCUT2D eigenvalue weighted by molar-refractivity contribution is 0.274. The predicted molar refractivity (Wildman–Crippen MR) is 74.0 cm³/mol. The van der Waals surface area contributed by atoms with Crippen molar-refractivity contribution in [2.24, 2.45) is 0 Å². The summed E-state index contributed by atoms with van der Waals surface area (Å²) >= 11 is 0. The molecule has 0 saturated carbocycles. The van der Waals surface area contributed by atoms with Gasteiger partial charge in [0.2, 0.25) is 0 Å². The van der Waals surface area contributed by atoms with Crippen molar-refractivity contribution in [1.82, 2.24) is 0 Å². The van der Waals surface area contributed by atoms with Crippen molar-refractivity contribution >= 4 is 5.69 Å². The van der Waals surface area contributed by atoms with Crippen molar-refractivity contribution in [3.63, 3.8) is 0 Å². The number of fused-ring (bicyclic) bond motifs is 1. The van der Waals surface area contributed by atoms with Gasteiger partial charge in [-0.25, -0.2) is 8.78 Å². The van der Waals surface area contributed by atoms with Crippen LogP contribution in [0.5, 0.6) is 5.75 Å². The molecule has 0 aliphatic carbocycles. The number of ether oxygens (including phenoxy) is 1. The van der Waals surface area contributed by atoms with E-state index in [1.165, 1.54) is 12.1 Å². The van der Waals surface area contributed by atoms with E-state index in [1.807, 2.05) is 24.3 Å². The average Bonchev–Trinajstić information content (AvgIpc) is 2.48. The van der Waals surface area contributed by atoms with Gasteiger partial charge in [0.15, 0.2) is 5.82 Å². The van der Waals surface area contributed by atoms with E-state index < -0.39 is 11.6 Å².